The van der Waals surface area contributed by atoms with Crippen LogP contribution in [0.1, 0.15) is 10.6 Å². The van der Waals surface area contributed by atoms with Gasteiger partial charge in [0.2, 0.25) is 0 Å². The van der Waals surface area contributed by atoms with Gasteiger partial charge in [0, 0.05) is 14.8 Å². The number of nitrogens with one attached hydrogen (secondary N) is 2. The molecule has 0 saturated heterocycles. The zero-order valence-corrected chi connectivity index (χ0v) is 17.5. The molecule has 1 aromatic heterocycles. The molecule has 0 fully saturated rings. The van der Waals surface area contributed by atoms with Crippen molar-refractivity contribution in [3.63, 3.8) is 0 Å². The second-order valence-electron chi connectivity index (χ2n) is 5.18. The van der Waals surface area contributed by atoms with Crippen LogP contribution < -0.4 is 10.6 Å². The van der Waals surface area contributed by atoms with E-state index in [2.05, 4.69) is 33.2 Å². The van der Waals surface area contributed by atoms with E-state index in [0.717, 1.165) is 9.26 Å². The van der Waals surface area contributed by atoms with E-state index in [-0.39, 0.29) is 10.9 Å². The van der Waals surface area contributed by atoms with Crippen LogP contribution in [0.5, 0.6) is 0 Å². The minimum Gasteiger partial charge on any atom is -0.451 e. The molecule has 3 aromatic rings. The summed E-state index contributed by atoms with van der Waals surface area (Å²) >= 11 is 19.6. The van der Waals surface area contributed by atoms with E-state index in [1.807, 2.05) is 24.3 Å². The normalized spacial score (nSPS) is 10.4. The van der Waals surface area contributed by atoms with Crippen LogP contribution in [0.3, 0.4) is 0 Å². The minimum absolute atomic E-state index is 0.114. The van der Waals surface area contributed by atoms with Crippen LogP contribution in [-0.2, 0) is 0 Å². The first-order chi connectivity index (χ1) is 12.4. The molecule has 8 heteroatoms. The largest absolute Gasteiger partial charge is 0.451 e. The predicted molar refractivity (Wildman–Crippen MR) is 117 cm³/mol. The van der Waals surface area contributed by atoms with E-state index in [9.17, 15) is 4.79 Å². The van der Waals surface area contributed by atoms with Gasteiger partial charge in [-0.25, -0.2) is 0 Å². The molecule has 2 N–H and O–H groups in total. The Morgan fingerprint density at radius 2 is 1.77 bits per heavy atom. The Kier molecular flexibility index (Phi) is 6.18. The van der Waals surface area contributed by atoms with Gasteiger partial charge < -0.3 is 9.73 Å². The highest BCUT2D eigenvalue weighted by atomic mass is 127. The fourth-order valence-electron chi connectivity index (χ4n) is 2.16. The fraction of sp³-hybridized carbons (Fsp3) is 0. The summed E-state index contributed by atoms with van der Waals surface area (Å²) in [6, 6.07) is 16.0. The number of carbonyl (C=O) groups excluding carboxylic acids is 1. The van der Waals surface area contributed by atoms with Gasteiger partial charge >= 0.3 is 0 Å². The van der Waals surface area contributed by atoms with Crippen molar-refractivity contribution in [2.45, 2.75) is 0 Å². The Morgan fingerprint density at radius 3 is 2.50 bits per heavy atom. The van der Waals surface area contributed by atoms with E-state index in [1.54, 1.807) is 30.3 Å². The summed E-state index contributed by atoms with van der Waals surface area (Å²) in [7, 11) is 0. The molecule has 26 heavy (non-hydrogen) atoms. The molecule has 0 aliphatic heterocycles. The van der Waals surface area contributed by atoms with Crippen LogP contribution in [0, 0.1) is 3.57 Å². The molecule has 0 aliphatic rings. The second kappa shape index (κ2) is 8.39. The van der Waals surface area contributed by atoms with Crippen LogP contribution in [-0.4, -0.2) is 11.0 Å². The molecule has 0 unspecified atom stereocenters. The standard InChI is InChI=1S/C18H11Cl2IN2O2S/c19-13-3-1-2-12(16(13)20)14-8-9-15(25-14)17(24)23-18(26)22-11-6-4-10(21)5-7-11/h1-9H,(H2,22,23,24,26). The smallest absolute Gasteiger partial charge is 0.293 e. The Hall–Kier alpha value is -1.61. The van der Waals surface area contributed by atoms with Crippen molar-refractivity contribution in [3.05, 3.63) is 74.0 Å². The van der Waals surface area contributed by atoms with Crippen molar-refractivity contribution in [1.29, 1.82) is 0 Å². The molecule has 0 atom stereocenters. The number of thiocarbonyl (C=S) groups is 1. The topological polar surface area (TPSA) is 54.3 Å². The summed E-state index contributed by atoms with van der Waals surface area (Å²) in [5.41, 5.74) is 1.39. The number of rotatable bonds is 3. The van der Waals surface area contributed by atoms with Crippen molar-refractivity contribution in [2.24, 2.45) is 0 Å². The lowest BCUT2D eigenvalue weighted by atomic mass is 10.2. The number of benzene rings is 2. The molecular weight excluding hydrogens is 506 g/mol. The SMILES string of the molecule is O=C(NC(=S)Nc1ccc(I)cc1)c1ccc(-c2cccc(Cl)c2Cl)o1. The average Bonchev–Trinajstić information content (AvgIpc) is 3.09. The van der Waals surface area contributed by atoms with Gasteiger partial charge in [-0.05, 0) is 83.3 Å². The average molecular weight is 517 g/mol. The van der Waals surface area contributed by atoms with Gasteiger partial charge in [0.25, 0.3) is 5.91 Å². The van der Waals surface area contributed by atoms with Crippen LogP contribution in [0.15, 0.2) is 59.0 Å². The first-order valence-corrected chi connectivity index (χ1v) is 9.60. The number of anilines is 1. The first-order valence-electron chi connectivity index (χ1n) is 7.36. The molecule has 4 nitrogen and oxygen atoms in total. The third-order valence-electron chi connectivity index (χ3n) is 3.38. The van der Waals surface area contributed by atoms with Crippen LogP contribution >= 0.6 is 58.0 Å². The number of hydrogen-bond donors (Lipinski definition) is 2. The minimum atomic E-state index is -0.461. The number of amides is 1. The molecule has 0 saturated carbocycles. The van der Waals surface area contributed by atoms with E-state index in [1.165, 1.54) is 0 Å². The van der Waals surface area contributed by atoms with Crippen molar-refractivity contribution in [1.82, 2.24) is 5.32 Å². The van der Waals surface area contributed by atoms with Gasteiger partial charge in [-0.2, -0.15) is 0 Å². The highest BCUT2D eigenvalue weighted by Gasteiger charge is 2.16. The highest BCUT2D eigenvalue weighted by Crippen LogP contribution is 2.34. The highest BCUT2D eigenvalue weighted by molar-refractivity contribution is 14.1. The van der Waals surface area contributed by atoms with Gasteiger partial charge in [0.05, 0.1) is 10.0 Å². The van der Waals surface area contributed by atoms with Gasteiger partial charge in [0.15, 0.2) is 10.9 Å². The molecule has 3 rings (SSSR count). The molecular formula is C18H11Cl2IN2O2S. The van der Waals surface area contributed by atoms with Crippen LogP contribution in [0.25, 0.3) is 11.3 Å². The fourth-order valence-corrected chi connectivity index (χ4v) is 3.12. The number of halogens is 3. The zero-order chi connectivity index (χ0) is 18.7. The molecule has 1 amide bonds. The van der Waals surface area contributed by atoms with Crippen LogP contribution in [0.2, 0.25) is 10.0 Å². The molecule has 0 aliphatic carbocycles. The van der Waals surface area contributed by atoms with Gasteiger partial charge in [-0.1, -0.05) is 29.3 Å². The monoisotopic (exact) mass is 516 g/mol. The molecule has 0 bridgehead atoms. The van der Waals surface area contributed by atoms with Gasteiger partial charge in [-0.15, -0.1) is 0 Å². The summed E-state index contributed by atoms with van der Waals surface area (Å²) in [5, 5.41) is 6.47. The Morgan fingerprint density at radius 1 is 1.04 bits per heavy atom. The Labute approximate surface area is 179 Å². The number of carbonyl (C=O) groups is 1. The van der Waals surface area contributed by atoms with E-state index in [0.29, 0.717) is 21.4 Å². The Balaban J connectivity index is 1.69. The Bertz CT molecular complexity index is 974. The van der Waals surface area contributed by atoms with E-state index >= 15 is 0 Å². The van der Waals surface area contributed by atoms with Crippen LogP contribution in [0.4, 0.5) is 5.69 Å². The van der Waals surface area contributed by atoms with Crippen molar-refractivity contribution in [2.75, 3.05) is 5.32 Å². The van der Waals surface area contributed by atoms with Gasteiger partial charge in [0.1, 0.15) is 5.76 Å². The molecule has 132 valence electrons. The lowest BCUT2D eigenvalue weighted by Gasteiger charge is -2.08. The maximum absolute atomic E-state index is 12.3. The van der Waals surface area contributed by atoms with Gasteiger partial charge in [-0.3, -0.25) is 10.1 Å². The van der Waals surface area contributed by atoms with Crippen molar-refractivity contribution >= 4 is 74.7 Å². The summed E-state index contributed by atoms with van der Waals surface area (Å²) in [6.45, 7) is 0. The summed E-state index contributed by atoms with van der Waals surface area (Å²) in [6.07, 6.45) is 0. The summed E-state index contributed by atoms with van der Waals surface area (Å²) in [4.78, 5) is 12.3. The molecule has 1 heterocycles. The molecule has 0 radical (unpaired) electrons. The zero-order valence-electron chi connectivity index (χ0n) is 13.1. The van der Waals surface area contributed by atoms with Crippen molar-refractivity contribution in [3.8, 4) is 11.3 Å². The third-order valence-corrected chi connectivity index (χ3v) is 5.12. The third kappa shape index (κ3) is 4.56. The first kappa shape index (κ1) is 19.2. The quantitative estimate of drug-likeness (QED) is 0.332. The lowest BCUT2D eigenvalue weighted by Crippen LogP contribution is -2.33. The predicted octanol–water partition coefficient (Wildman–Crippen LogP) is 5.98. The number of furan rings is 1. The summed E-state index contributed by atoms with van der Waals surface area (Å²) in [5.74, 6) is 0.0966. The maximum Gasteiger partial charge on any atom is 0.293 e. The lowest BCUT2D eigenvalue weighted by molar-refractivity contribution is 0.0951. The molecule has 0 spiro atoms. The van der Waals surface area contributed by atoms with E-state index < -0.39 is 5.91 Å². The van der Waals surface area contributed by atoms with Crippen molar-refractivity contribution < 1.29 is 9.21 Å². The number of hydrogen-bond acceptors (Lipinski definition) is 3. The second-order valence-corrected chi connectivity index (χ2v) is 7.62. The maximum atomic E-state index is 12.3. The van der Waals surface area contributed by atoms with E-state index in [4.69, 9.17) is 39.8 Å². The molecule has 2 aromatic carbocycles. The summed E-state index contributed by atoms with van der Waals surface area (Å²) < 4.78 is 6.69.